The van der Waals surface area contributed by atoms with E-state index in [-0.39, 0.29) is 46.1 Å². The lowest BCUT2D eigenvalue weighted by Crippen LogP contribution is -2.58. The van der Waals surface area contributed by atoms with Gasteiger partial charge < -0.3 is 10.2 Å². The molecule has 0 spiro atoms. The van der Waals surface area contributed by atoms with Gasteiger partial charge in [0.05, 0.1) is 12.2 Å². The molecule has 3 saturated carbocycles. The first-order valence-corrected chi connectivity index (χ1v) is 9.79. The number of hydrogen-bond donors (Lipinski definition) is 2. The van der Waals surface area contributed by atoms with Crippen LogP contribution in [-0.2, 0) is 9.59 Å². The van der Waals surface area contributed by atoms with Gasteiger partial charge in [0, 0.05) is 12.3 Å². The topological polar surface area (TPSA) is 74.6 Å². The van der Waals surface area contributed by atoms with Crippen LogP contribution in [0.3, 0.4) is 0 Å². The summed E-state index contributed by atoms with van der Waals surface area (Å²) >= 11 is 0. The van der Waals surface area contributed by atoms with Crippen LogP contribution in [0.15, 0.2) is 11.6 Å². The zero-order valence-electron chi connectivity index (χ0n) is 15.5. The van der Waals surface area contributed by atoms with Crippen molar-refractivity contribution in [3.05, 3.63) is 11.6 Å². The molecule has 0 aromatic carbocycles. The molecule has 25 heavy (non-hydrogen) atoms. The average molecular weight is 346 g/mol. The first-order chi connectivity index (χ1) is 11.7. The van der Waals surface area contributed by atoms with Gasteiger partial charge in [-0.1, -0.05) is 19.4 Å². The fourth-order valence-corrected chi connectivity index (χ4v) is 7.39. The number of aliphatic hydroxyl groups is 2. The van der Waals surface area contributed by atoms with Gasteiger partial charge in [-0.3, -0.25) is 9.59 Å². The quantitative estimate of drug-likeness (QED) is 0.765. The van der Waals surface area contributed by atoms with Gasteiger partial charge in [0.25, 0.3) is 0 Å². The van der Waals surface area contributed by atoms with Crippen LogP contribution in [0.2, 0.25) is 0 Å². The molecule has 3 fully saturated rings. The van der Waals surface area contributed by atoms with E-state index < -0.39 is 12.2 Å². The largest absolute Gasteiger partial charge is 0.393 e. The zero-order chi connectivity index (χ0) is 18.1. The van der Waals surface area contributed by atoms with Crippen LogP contribution >= 0.6 is 0 Å². The van der Waals surface area contributed by atoms with Crippen molar-refractivity contribution < 1.29 is 19.8 Å². The van der Waals surface area contributed by atoms with Gasteiger partial charge in [-0.05, 0) is 73.7 Å². The monoisotopic (exact) mass is 346 g/mol. The first kappa shape index (κ1) is 17.4. The summed E-state index contributed by atoms with van der Waals surface area (Å²) in [6.07, 6.45) is 5.13. The number of carbonyl (C=O) groups excluding carboxylic acids is 2. The van der Waals surface area contributed by atoms with Crippen LogP contribution in [0.25, 0.3) is 0 Å². The van der Waals surface area contributed by atoms with Crippen molar-refractivity contribution in [1.82, 2.24) is 0 Å². The second kappa shape index (κ2) is 5.50. The smallest absolute Gasteiger partial charge is 0.155 e. The summed E-state index contributed by atoms with van der Waals surface area (Å²) in [6, 6.07) is 0. The summed E-state index contributed by atoms with van der Waals surface area (Å²) in [6.45, 7) is 5.94. The first-order valence-electron chi connectivity index (χ1n) is 9.79. The highest BCUT2D eigenvalue weighted by molar-refractivity contribution is 5.91. The fourth-order valence-electron chi connectivity index (χ4n) is 7.39. The van der Waals surface area contributed by atoms with Crippen LogP contribution in [0.4, 0.5) is 0 Å². The van der Waals surface area contributed by atoms with E-state index in [4.69, 9.17) is 0 Å². The van der Waals surface area contributed by atoms with Crippen LogP contribution in [0, 0.1) is 34.5 Å². The number of rotatable bonds is 1. The van der Waals surface area contributed by atoms with E-state index in [2.05, 4.69) is 13.8 Å². The highest BCUT2D eigenvalue weighted by atomic mass is 16.3. The van der Waals surface area contributed by atoms with Crippen molar-refractivity contribution in [3.8, 4) is 0 Å². The molecular weight excluding hydrogens is 316 g/mol. The summed E-state index contributed by atoms with van der Waals surface area (Å²) in [5.74, 6) is 0.577. The predicted octanol–water partition coefficient (Wildman–Crippen LogP) is 2.67. The van der Waals surface area contributed by atoms with Gasteiger partial charge in [0.15, 0.2) is 5.78 Å². The van der Waals surface area contributed by atoms with Crippen molar-refractivity contribution in [1.29, 1.82) is 0 Å². The molecule has 0 aromatic heterocycles. The number of fused-ring (bicyclic) bond motifs is 5. The van der Waals surface area contributed by atoms with Gasteiger partial charge in [-0.25, -0.2) is 0 Å². The zero-order valence-corrected chi connectivity index (χ0v) is 15.5. The minimum absolute atomic E-state index is 0.0748. The van der Waals surface area contributed by atoms with Crippen molar-refractivity contribution in [2.75, 3.05) is 0 Å². The minimum atomic E-state index is -0.472. The van der Waals surface area contributed by atoms with Gasteiger partial charge in [0.1, 0.15) is 5.78 Å². The number of Topliss-reactive ketones (excluding diaryl/α,β-unsaturated/α-hetero) is 1. The number of carbonyl (C=O) groups is 2. The van der Waals surface area contributed by atoms with Crippen molar-refractivity contribution in [2.45, 2.75) is 71.5 Å². The summed E-state index contributed by atoms with van der Waals surface area (Å²) < 4.78 is 0. The standard InChI is InChI=1S/C21H30O4/c1-11(22)15-9-16(24)18-14-5-4-12-8-13(23)6-7-20(12,2)19(14)17(25)10-21(15,18)3/h8,14-19,24-25H,4-7,9-10H2,1-3H3/t14-,15+,16-,17+,18+,19+,20-,21+/m0/s1. The number of allylic oxidation sites excluding steroid dienone is 1. The van der Waals surface area contributed by atoms with Crippen LogP contribution < -0.4 is 0 Å². The summed E-state index contributed by atoms with van der Waals surface area (Å²) in [5.41, 5.74) is 0.739. The summed E-state index contributed by atoms with van der Waals surface area (Å²) in [5, 5.41) is 22.0. The second-order valence-electron chi connectivity index (χ2n) is 9.55. The second-order valence-corrected chi connectivity index (χ2v) is 9.55. The van der Waals surface area contributed by atoms with Crippen LogP contribution in [-0.4, -0.2) is 34.0 Å². The Morgan fingerprint density at radius 1 is 1.16 bits per heavy atom. The molecule has 4 heteroatoms. The molecule has 4 aliphatic carbocycles. The number of hydrogen-bond acceptors (Lipinski definition) is 4. The Labute approximate surface area is 149 Å². The Balaban J connectivity index is 1.76. The highest BCUT2D eigenvalue weighted by Crippen LogP contribution is 2.66. The van der Waals surface area contributed by atoms with Gasteiger partial charge >= 0.3 is 0 Å². The molecule has 4 rings (SSSR count). The predicted molar refractivity (Wildman–Crippen MR) is 93.7 cm³/mol. The molecule has 138 valence electrons. The Morgan fingerprint density at radius 2 is 1.88 bits per heavy atom. The molecular formula is C21H30O4. The number of ketones is 2. The molecule has 0 radical (unpaired) electrons. The van der Waals surface area contributed by atoms with E-state index in [1.54, 1.807) is 6.92 Å². The fraction of sp³-hybridized carbons (Fsp3) is 0.810. The average Bonchev–Trinajstić information content (AvgIpc) is 2.78. The molecule has 0 aromatic rings. The Morgan fingerprint density at radius 3 is 2.56 bits per heavy atom. The van der Waals surface area contributed by atoms with Crippen molar-refractivity contribution in [2.24, 2.45) is 34.5 Å². The van der Waals surface area contributed by atoms with Crippen LogP contribution in [0.5, 0.6) is 0 Å². The van der Waals surface area contributed by atoms with Gasteiger partial charge in [-0.15, -0.1) is 0 Å². The van der Waals surface area contributed by atoms with E-state index in [1.165, 1.54) is 5.57 Å². The molecule has 4 nitrogen and oxygen atoms in total. The molecule has 2 N–H and O–H groups in total. The van der Waals surface area contributed by atoms with E-state index in [0.717, 1.165) is 19.3 Å². The maximum atomic E-state index is 12.2. The third-order valence-corrected chi connectivity index (χ3v) is 8.37. The molecule has 8 atom stereocenters. The Bertz CT molecular complexity index is 652. The van der Waals surface area contributed by atoms with Crippen molar-refractivity contribution in [3.63, 3.8) is 0 Å². The van der Waals surface area contributed by atoms with E-state index >= 15 is 0 Å². The molecule has 0 saturated heterocycles. The summed E-state index contributed by atoms with van der Waals surface area (Å²) in [4.78, 5) is 24.1. The third-order valence-electron chi connectivity index (χ3n) is 8.37. The maximum absolute atomic E-state index is 12.2. The molecule has 0 unspecified atom stereocenters. The lowest BCUT2D eigenvalue weighted by Gasteiger charge is -2.60. The van der Waals surface area contributed by atoms with E-state index in [0.29, 0.717) is 19.3 Å². The SMILES string of the molecule is CC(=O)[C@H]1C[C@H](O)[C@H]2[C@@H]3CCC4=CC(=O)CC[C@]4(C)[C@H]3[C@H](O)C[C@@]21C. The lowest BCUT2D eigenvalue weighted by atomic mass is 9.45. The van der Waals surface area contributed by atoms with E-state index in [1.807, 2.05) is 6.08 Å². The minimum Gasteiger partial charge on any atom is -0.393 e. The van der Waals surface area contributed by atoms with Crippen molar-refractivity contribution >= 4 is 11.6 Å². The van der Waals surface area contributed by atoms with Gasteiger partial charge in [-0.2, -0.15) is 0 Å². The van der Waals surface area contributed by atoms with Gasteiger partial charge in [0.2, 0.25) is 0 Å². The third kappa shape index (κ3) is 2.26. The molecule has 0 aliphatic heterocycles. The molecule has 4 aliphatic rings. The Hall–Kier alpha value is -1.00. The summed E-state index contributed by atoms with van der Waals surface area (Å²) in [7, 11) is 0. The number of aliphatic hydroxyl groups excluding tert-OH is 2. The lowest BCUT2D eigenvalue weighted by molar-refractivity contribution is -0.151. The molecule has 0 heterocycles. The molecule has 0 amide bonds. The highest BCUT2D eigenvalue weighted by Gasteiger charge is 2.65. The molecule has 0 bridgehead atoms. The normalized spacial score (nSPS) is 52.0. The Kier molecular flexibility index (Phi) is 3.83. The van der Waals surface area contributed by atoms with Crippen LogP contribution in [0.1, 0.15) is 59.3 Å². The maximum Gasteiger partial charge on any atom is 0.155 e. The van der Waals surface area contributed by atoms with E-state index in [9.17, 15) is 19.8 Å².